The van der Waals surface area contributed by atoms with Gasteiger partial charge in [-0.15, -0.1) is 0 Å². The summed E-state index contributed by atoms with van der Waals surface area (Å²) in [6.45, 7) is 11.7. The van der Waals surface area contributed by atoms with Gasteiger partial charge in [-0.3, -0.25) is 4.98 Å². The topological polar surface area (TPSA) is 22.1 Å². The highest BCUT2D eigenvalue weighted by Gasteiger charge is 2.39. The van der Waals surface area contributed by atoms with E-state index in [1.807, 2.05) is 12.3 Å². The van der Waals surface area contributed by atoms with Crippen molar-refractivity contribution >= 4 is 14.4 Å². The molecular weight excluding hydrogens is 298 g/mol. The molecule has 1 fully saturated rings. The Bertz CT molecular complexity index is 504. The highest BCUT2D eigenvalue weighted by Crippen LogP contribution is 2.39. The zero-order chi connectivity index (χ0) is 16.9. The van der Waals surface area contributed by atoms with Gasteiger partial charge >= 0.3 is 0 Å². The molecule has 128 valence electrons. The number of hydrogen-bond donors (Lipinski definition) is 0. The lowest BCUT2D eigenvalue weighted by atomic mass is 9.94. The first-order valence-corrected chi connectivity index (χ1v) is 12.0. The molecule has 1 aromatic heterocycles. The van der Waals surface area contributed by atoms with E-state index >= 15 is 0 Å². The Balaban J connectivity index is 1.91. The van der Waals surface area contributed by atoms with Gasteiger partial charge in [0, 0.05) is 12.3 Å². The maximum absolute atomic E-state index is 6.64. The number of pyridine rings is 1. The molecule has 0 aliphatic heterocycles. The van der Waals surface area contributed by atoms with Gasteiger partial charge < -0.3 is 4.43 Å². The van der Waals surface area contributed by atoms with Crippen LogP contribution in [0.4, 0.5) is 0 Å². The quantitative estimate of drug-likeness (QED) is 0.614. The summed E-state index contributed by atoms with van der Waals surface area (Å²) in [7, 11) is -1.63. The van der Waals surface area contributed by atoms with Gasteiger partial charge in [-0.1, -0.05) is 32.4 Å². The van der Waals surface area contributed by atoms with Gasteiger partial charge in [0.25, 0.3) is 0 Å². The van der Waals surface area contributed by atoms with Crippen LogP contribution in [0.2, 0.25) is 18.1 Å². The summed E-state index contributed by atoms with van der Waals surface area (Å²) < 4.78 is 6.64. The number of hydrogen-bond acceptors (Lipinski definition) is 2. The largest absolute Gasteiger partial charge is 0.414 e. The minimum atomic E-state index is -1.63. The van der Waals surface area contributed by atoms with Crippen molar-refractivity contribution in [3.63, 3.8) is 0 Å². The van der Waals surface area contributed by atoms with Gasteiger partial charge in [0.1, 0.15) is 0 Å². The monoisotopic (exact) mass is 331 g/mol. The van der Waals surface area contributed by atoms with Gasteiger partial charge in [0.2, 0.25) is 0 Å². The molecule has 3 heteroatoms. The van der Waals surface area contributed by atoms with Gasteiger partial charge in [0.05, 0.1) is 5.69 Å². The predicted octanol–water partition coefficient (Wildman–Crippen LogP) is 6.21. The maximum atomic E-state index is 6.64. The lowest BCUT2D eigenvalue weighted by Crippen LogP contribution is -2.44. The average Bonchev–Trinajstić information content (AvgIpc) is 2.43. The van der Waals surface area contributed by atoms with E-state index < -0.39 is 8.32 Å². The first-order chi connectivity index (χ1) is 10.8. The molecule has 0 N–H and O–H groups in total. The van der Waals surface area contributed by atoms with Crippen LogP contribution in [-0.4, -0.2) is 19.4 Å². The molecule has 1 aromatic rings. The first kappa shape index (κ1) is 18.4. The molecule has 0 bridgehead atoms. The van der Waals surface area contributed by atoms with Crippen molar-refractivity contribution in [1.82, 2.24) is 4.98 Å². The summed E-state index contributed by atoms with van der Waals surface area (Å²) in [5.74, 6) is 0. The second-order valence-corrected chi connectivity index (χ2v) is 13.1. The molecule has 0 atom stereocenters. The van der Waals surface area contributed by atoms with Gasteiger partial charge in [-0.2, -0.15) is 0 Å². The van der Waals surface area contributed by atoms with Crippen LogP contribution in [-0.2, 0) is 4.43 Å². The fourth-order valence-corrected chi connectivity index (χ4v) is 4.33. The van der Waals surface area contributed by atoms with Crippen molar-refractivity contribution in [3.05, 3.63) is 35.7 Å². The highest BCUT2D eigenvalue weighted by atomic mass is 28.4. The normalized spacial score (nSPS) is 20.7. The molecular formula is C20H33NOSi. The van der Waals surface area contributed by atoms with E-state index in [2.05, 4.69) is 57.1 Å². The minimum absolute atomic E-state index is 0.305. The fraction of sp³-hybridized carbons (Fsp3) is 0.650. The van der Waals surface area contributed by atoms with Crippen molar-refractivity contribution < 1.29 is 4.43 Å². The molecule has 0 amide bonds. The smallest absolute Gasteiger partial charge is 0.192 e. The van der Waals surface area contributed by atoms with Gasteiger partial charge in [-0.05, 0) is 74.9 Å². The van der Waals surface area contributed by atoms with Crippen molar-refractivity contribution in [1.29, 1.82) is 0 Å². The van der Waals surface area contributed by atoms with Crippen LogP contribution in [0.25, 0.3) is 6.08 Å². The Labute approximate surface area is 143 Å². The van der Waals surface area contributed by atoms with Crippen LogP contribution < -0.4 is 0 Å². The average molecular weight is 332 g/mol. The van der Waals surface area contributed by atoms with E-state index in [0.717, 1.165) is 5.69 Å². The molecule has 0 spiro atoms. The van der Waals surface area contributed by atoms with E-state index in [4.69, 9.17) is 4.43 Å². The number of allylic oxidation sites excluding steroid dienone is 1. The summed E-state index contributed by atoms with van der Waals surface area (Å²) in [4.78, 5) is 4.42. The highest BCUT2D eigenvalue weighted by molar-refractivity contribution is 6.74. The van der Waals surface area contributed by atoms with Crippen LogP contribution in [0.3, 0.4) is 0 Å². The van der Waals surface area contributed by atoms with Crippen molar-refractivity contribution in [3.8, 4) is 0 Å². The molecule has 1 aliphatic carbocycles. The zero-order valence-corrected chi connectivity index (χ0v) is 16.6. The van der Waals surface area contributed by atoms with E-state index in [0.29, 0.717) is 11.1 Å². The molecule has 0 unspecified atom stereocenters. The first-order valence-electron chi connectivity index (χ1n) is 9.06. The number of nitrogens with zero attached hydrogens (tertiary/aromatic N) is 1. The van der Waals surface area contributed by atoms with Crippen LogP contribution in [0.15, 0.2) is 30.0 Å². The van der Waals surface area contributed by atoms with E-state index in [1.54, 1.807) is 5.57 Å². The molecule has 0 radical (unpaired) electrons. The van der Waals surface area contributed by atoms with Gasteiger partial charge in [0.15, 0.2) is 8.32 Å². The number of aromatic nitrogens is 1. The van der Waals surface area contributed by atoms with Gasteiger partial charge in [-0.25, -0.2) is 0 Å². The number of rotatable bonds is 3. The summed E-state index contributed by atoms with van der Waals surface area (Å²) >= 11 is 0. The summed E-state index contributed by atoms with van der Waals surface area (Å²) in [6, 6.07) is 6.13. The summed E-state index contributed by atoms with van der Waals surface area (Å²) in [6.07, 6.45) is 11.9. The second kappa shape index (κ2) is 7.76. The Morgan fingerprint density at radius 2 is 1.78 bits per heavy atom. The lowest BCUT2D eigenvalue weighted by Gasteiger charge is -2.40. The standard InChI is InChI=1S/C20H33NOSi/c1-20(2,3)23(4,5)22-19-13-8-10-17(11-9-14-19)16-18-12-6-7-15-21-18/h6-7,12,15-16,19H,8-11,13-14H2,1-5H3. The minimum Gasteiger partial charge on any atom is -0.414 e. The molecule has 1 aliphatic rings. The van der Waals surface area contributed by atoms with Crippen molar-refractivity contribution in [2.75, 3.05) is 0 Å². The third-order valence-corrected chi connectivity index (χ3v) is 9.89. The van der Waals surface area contributed by atoms with E-state index in [1.165, 1.54) is 38.5 Å². The summed E-state index contributed by atoms with van der Waals surface area (Å²) in [5.41, 5.74) is 2.65. The van der Waals surface area contributed by atoms with Crippen LogP contribution >= 0.6 is 0 Å². The van der Waals surface area contributed by atoms with Crippen molar-refractivity contribution in [2.45, 2.75) is 83.5 Å². The van der Waals surface area contributed by atoms with Crippen LogP contribution in [0.5, 0.6) is 0 Å². The van der Waals surface area contributed by atoms with E-state index in [-0.39, 0.29) is 0 Å². The molecule has 0 saturated heterocycles. The Morgan fingerprint density at radius 1 is 1.13 bits per heavy atom. The van der Waals surface area contributed by atoms with Crippen LogP contribution in [0.1, 0.15) is 65.0 Å². The molecule has 23 heavy (non-hydrogen) atoms. The predicted molar refractivity (Wildman–Crippen MR) is 102 cm³/mol. The van der Waals surface area contributed by atoms with Crippen molar-refractivity contribution in [2.24, 2.45) is 0 Å². The van der Waals surface area contributed by atoms with E-state index in [9.17, 15) is 0 Å². The second-order valence-electron chi connectivity index (χ2n) is 8.34. The SMILES string of the molecule is CC(C)(C)[Si](C)(C)OC1CCCC(=Cc2ccccn2)CCC1. The lowest BCUT2D eigenvalue weighted by molar-refractivity contribution is 0.153. The van der Waals surface area contributed by atoms with Crippen LogP contribution in [0, 0.1) is 0 Å². The molecule has 1 saturated carbocycles. The summed E-state index contributed by atoms with van der Waals surface area (Å²) in [5, 5.41) is 0.305. The molecule has 1 heterocycles. The third kappa shape index (κ3) is 5.57. The molecule has 2 nitrogen and oxygen atoms in total. The maximum Gasteiger partial charge on any atom is 0.192 e. The Hall–Kier alpha value is -0.933. The molecule has 2 rings (SSSR count). The fourth-order valence-electron chi connectivity index (χ4n) is 2.91. The third-order valence-electron chi connectivity index (χ3n) is 5.36. The molecule has 0 aromatic carbocycles. The Kier molecular flexibility index (Phi) is 6.21. The Morgan fingerprint density at radius 3 is 2.30 bits per heavy atom. The zero-order valence-electron chi connectivity index (χ0n) is 15.6.